The maximum atomic E-state index is 14.3. The molecule has 0 aromatic heterocycles. The van der Waals surface area contributed by atoms with E-state index in [-0.39, 0.29) is 47.8 Å². The Morgan fingerprint density at radius 1 is 0.935 bits per heavy atom. The molecule has 0 spiro atoms. The highest BCUT2D eigenvalue weighted by molar-refractivity contribution is 6.01. The number of imide groups is 1. The number of hydrogen-bond acceptors (Lipinski definition) is 8. The maximum Gasteiger partial charge on any atom is 0.338 e. The minimum atomic E-state index is -1.39. The van der Waals surface area contributed by atoms with Gasteiger partial charge in [-0.15, -0.1) is 0 Å². The lowest BCUT2D eigenvalue weighted by Gasteiger charge is -2.47. The molecule has 1 saturated carbocycles. The zero-order chi connectivity index (χ0) is 33.0. The molecule has 1 aliphatic carbocycles. The number of likely N-dealkylation sites (tertiary alicyclic amines) is 1. The van der Waals surface area contributed by atoms with E-state index in [0.717, 1.165) is 68.5 Å². The Bertz CT molecular complexity index is 1520. The summed E-state index contributed by atoms with van der Waals surface area (Å²) in [6, 6.07) is 7.87. The summed E-state index contributed by atoms with van der Waals surface area (Å²) in [6.07, 6.45) is 3.87. The van der Waals surface area contributed by atoms with Gasteiger partial charge in [-0.1, -0.05) is 24.3 Å². The van der Waals surface area contributed by atoms with Gasteiger partial charge in [-0.05, 0) is 60.9 Å². The molecular formula is C33H38F2N4O7. The summed E-state index contributed by atoms with van der Waals surface area (Å²) >= 11 is 0. The number of nitrogens with zero attached hydrogens (tertiary/aromatic N) is 2. The number of ether oxygens (including phenoxy) is 3. The lowest BCUT2D eigenvalue weighted by Crippen LogP contribution is -2.59. The molecular weight excluding hydrogens is 602 g/mol. The second-order valence-electron chi connectivity index (χ2n) is 11.8. The largest absolute Gasteiger partial charge is 0.466 e. The topological polar surface area (TPSA) is 127 Å². The van der Waals surface area contributed by atoms with Gasteiger partial charge in [-0.2, -0.15) is 0 Å². The first-order valence-electron chi connectivity index (χ1n) is 15.2. The average molecular weight is 641 g/mol. The maximum absolute atomic E-state index is 14.3. The van der Waals surface area contributed by atoms with Crippen molar-refractivity contribution in [3.05, 3.63) is 82.1 Å². The highest BCUT2D eigenvalue weighted by atomic mass is 19.2. The molecule has 13 heteroatoms. The fraction of sp³-hybridized carbons (Fsp3) is 0.455. The summed E-state index contributed by atoms with van der Waals surface area (Å²) in [5, 5.41) is 5.30. The predicted octanol–water partition coefficient (Wildman–Crippen LogP) is 4.26. The number of nitrogens with one attached hydrogen (secondary N) is 2. The third-order valence-electron chi connectivity index (χ3n) is 9.05. The van der Waals surface area contributed by atoms with Gasteiger partial charge in [0.1, 0.15) is 6.04 Å². The molecule has 2 N–H and O–H groups in total. The number of benzene rings is 2. The Kier molecular flexibility index (Phi) is 10.3. The highest BCUT2D eigenvalue weighted by Gasteiger charge is 2.44. The van der Waals surface area contributed by atoms with E-state index in [1.165, 1.54) is 20.3 Å². The van der Waals surface area contributed by atoms with Crippen molar-refractivity contribution in [2.75, 3.05) is 47.6 Å². The summed E-state index contributed by atoms with van der Waals surface area (Å²) in [7, 11) is 3.89. The van der Waals surface area contributed by atoms with Gasteiger partial charge in [-0.3, -0.25) is 4.90 Å². The summed E-state index contributed by atoms with van der Waals surface area (Å²) < 4.78 is 43.1. The minimum absolute atomic E-state index is 0.0116. The predicted molar refractivity (Wildman–Crippen MR) is 162 cm³/mol. The monoisotopic (exact) mass is 640 g/mol. The fourth-order valence-corrected chi connectivity index (χ4v) is 6.73. The van der Waals surface area contributed by atoms with Gasteiger partial charge in [0, 0.05) is 38.7 Å². The number of halogens is 2. The van der Waals surface area contributed by atoms with Crippen molar-refractivity contribution in [3.63, 3.8) is 0 Å². The number of esters is 2. The number of urea groups is 2. The zero-order valence-corrected chi connectivity index (χ0v) is 26.0. The second-order valence-corrected chi connectivity index (χ2v) is 11.8. The average Bonchev–Trinajstić information content (AvgIpc) is 3.04. The summed E-state index contributed by atoms with van der Waals surface area (Å²) in [4.78, 5) is 55.0. The van der Waals surface area contributed by atoms with Crippen LogP contribution in [0.3, 0.4) is 0 Å². The van der Waals surface area contributed by atoms with Crippen molar-refractivity contribution in [3.8, 4) is 0 Å². The van der Waals surface area contributed by atoms with Crippen LogP contribution in [-0.4, -0.2) is 87.4 Å². The third-order valence-corrected chi connectivity index (χ3v) is 9.05. The third kappa shape index (κ3) is 6.75. The number of amides is 4. The number of carbonyl (C=O) groups excluding carboxylic acids is 4. The van der Waals surface area contributed by atoms with E-state index < -0.39 is 35.7 Å². The van der Waals surface area contributed by atoms with Crippen molar-refractivity contribution in [2.24, 2.45) is 5.92 Å². The molecule has 11 nitrogen and oxygen atoms in total. The van der Waals surface area contributed by atoms with Gasteiger partial charge >= 0.3 is 24.0 Å². The lowest BCUT2D eigenvalue weighted by molar-refractivity contribution is -0.137. The standard InChI is InChI=1S/C33H38F2N4O7/c1-44-18-27-28(31(41)46-3)29(21-10-13-25(34)26(35)14-21)39(33(43)37-27)32(42)36-15-19-16-38(17-19)22-11-8-20(9-12-22)23-6-4-5-7-24(23)30(40)45-2/h4-7,10,13-14,19-20,22,29H,8-9,11-12,15-18H2,1-3H3,(H,36,42)(H,37,43). The SMILES string of the molecule is COCC1=C(C(=O)OC)C(c2ccc(F)c(F)c2)N(C(=O)NCC2CN(C3CCC(c4ccccc4C(=O)OC)CC3)C2)C(=O)N1. The van der Waals surface area contributed by atoms with Crippen LogP contribution >= 0.6 is 0 Å². The van der Waals surface area contributed by atoms with E-state index in [9.17, 15) is 28.0 Å². The van der Waals surface area contributed by atoms with E-state index in [1.807, 2.05) is 18.2 Å². The first-order valence-corrected chi connectivity index (χ1v) is 15.2. The molecule has 3 aliphatic rings. The highest BCUT2D eigenvalue weighted by Crippen LogP contribution is 2.39. The van der Waals surface area contributed by atoms with Crippen molar-refractivity contribution in [1.82, 2.24) is 20.4 Å². The van der Waals surface area contributed by atoms with Crippen LogP contribution in [-0.2, 0) is 19.0 Å². The summed E-state index contributed by atoms with van der Waals surface area (Å²) in [5.74, 6) is -3.08. The molecule has 1 saturated heterocycles. The van der Waals surface area contributed by atoms with Crippen LogP contribution in [0.25, 0.3) is 0 Å². The number of rotatable bonds is 9. The van der Waals surface area contributed by atoms with Gasteiger partial charge in [-0.25, -0.2) is 32.9 Å². The molecule has 5 rings (SSSR count). The zero-order valence-electron chi connectivity index (χ0n) is 26.0. The molecule has 2 heterocycles. The Morgan fingerprint density at radius 2 is 1.63 bits per heavy atom. The van der Waals surface area contributed by atoms with Crippen molar-refractivity contribution in [1.29, 1.82) is 0 Å². The fourth-order valence-electron chi connectivity index (χ4n) is 6.73. The lowest BCUT2D eigenvalue weighted by atomic mass is 9.78. The first-order chi connectivity index (χ1) is 22.2. The van der Waals surface area contributed by atoms with Gasteiger partial charge in [0.2, 0.25) is 0 Å². The van der Waals surface area contributed by atoms with E-state index in [4.69, 9.17) is 14.2 Å². The number of carbonyl (C=O) groups is 4. The summed E-state index contributed by atoms with van der Waals surface area (Å²) in [6.45, 7) is 1.61. The Labute approximate surface area is 265 Å². The molecule has 1 unspecified atom stereocenters. The van der Waals surface area contributed by atoms with E-state index in [2.05, 4.69) is 15.5 Å². The minimum Gasteiger partial charge on any atom is -0.466 e. The van der Waals surface area contributed by atoms with Gasteiger partial charge in [0.05, 0.1) is 37.7 Å². The van der Waals surface area contributed by atoms with E-state index in [1.54, 1.807) is 6.07 Å². The first kappa shape index (κ1) is 33.0. The Morgan fingerprint density at radius 3 is 2.28 bits per heavy atom. The molecule has 0 radical (unpaired) electrons. The molecule has 2 aromatic rings. The molecule has 1 atom stereocenters. The Balaban J connectivity index is 1.21. The quantitative estimate of drug-likeness (QED) is 0.390. The van der Waals surface area contributed by atoms with Crippen LogP contribution in [0.15, 0.2) is 53.7 Å². The van der Waals surface area contributed by atoms with Crippen molar-refractivity contribution >= 4 is 24.0 Å². The van der Waals surface area contributed by atoms with Crippen LogP contribution < -0.4 is 10.6 Å². The van der Waals surface area contributed by atoms with Crippen molar-refractivity contribution < 1.29 is 42.2 Å². The summed E-state index contributed by atoms with van der Waals surface area (Å²) in [5.41, 5.74) is 1.57. The van der Waals surface area contributed by atoms with Crippen LogP contribution in [0.5, 0.6) is 0 Å². The molecule has 2 aliphatic heterocycles. The molecule has 246 valence electrons. The van der Waals surface area contributed by atoms with Crippen LogP contribution in [0.1, 0.15) is 59.1 Å². The van der Waals surface area contributed by atoms with Crippen LogP contribution in [0.4, 0.5) is 18.4 Å². The van der Waals surface area contributed by atoms with E-state index >= 15 is 0 Å². The molecule has 0 bridgehead atoms. The molecule has 2 aromatic carbocycles. The number of hydrogen-bond donors (Lipinski definition) is 2. The Hall–Kier alpha value is -4.36. The smallest absolute Gasteiger partial charge is 0.338 e. The number of methoxy groups -OCH3 is 3. The molecule has 2 fully saturated rings. The molecule has 4 amide bonds. The van der Waals surface area contributed by atoms with Crippen LogP contribution in [0.2, 0.25) is 0 Å². The second kappa shape index (κ2) is 14.4. The van der Waals surface area contributed by atoms with Gasteiger partial charge < -0.3 is 24.8 Å². The van der Waals surface area contributed by atoms with E-state index in [0.29, 0.717) is 11.6 Å². The normalized spacial score (nSPS) is 22.2. The molecule has 46 heavy (non-hydrogen) atoms. The van der Waals surface area contributed by atoms with Gasteiger partial charge in [0.25, 0.3) is 0 Å². The van der Waals surface area contributed by atoms with Crippen LogP contribution in [0, 0.1) is 17.6 Å². The van der Waals surface area contributed by atoms with Gasteiger partial charge in [0.15, 0.2) is 11.6 Å². The van der Waals surface area contributed by atoms with Crippen molar-refractivity contribution in [2.45, 2.75) is 43.7 Å².